The van der Waals surface area contributed by atoms with E-state index < -0.39 is 21.6 Å². The third kappa shape index (κ3) is 3.24. The van der Waals surface area contributed by atoms with Crippen molar-refractivity contribution in [1.82, 2.24) is 0 Å². The summed E-state index contributed by atoms with van der Waals surface area (Å²) in [4.78, 5) is 11.4. The molecule has 2 rings (SSSR count). The van der Waals surface area contributed by atoms with Crippen molar-refractivity contribution in [3.8, 4) is 0 Å². The van der Waals surface area contributed by atoms with Crippen molar-refractivity contribution in [3.63, 3.8) is 0 Å². The van der Waals surface area contributed by atoms with E-state index in [1.807, 2.05) is 0 Å². The molecule has 1 aromatic rings. The fraction of sp³-hybridized carbons (Fsp3) is 0.308. The first-order valence-electron chi connectivity index (χ1n) is 6.06. The standard InChI is InChI=1S/C13H11F3O5S/c1-20-12(17)9-3-2-8-4-5-11(7-10(8)6-9)21-22(18,19)13(14,15)16/h2-3,6-7H,4-5H2,1H3. The van der Waals surface area contributed by atoms with E-state index >= 15 is 0 Å². The average Bonchev–Trinajstić information content (AvgIpc) is 2.44. The first kappa shape index (κ1) is 16.3. The number of ether oxygens (including phenoxy) is 1. The number of esters is 1. The van der Waals surface area contributed by atoms with Gasteiger partial charge in [-0.25, -0.2) is 4.79 Å². The monoisotopic (exact) mass is 336 g/mol. The van der Waals surface area contributed by atoms with Gasteiger partial charge in [0.1, 0.15) is 5.76 Å². The highest BCUT2D eigenvalue weighted by molar-refractivity contribution is 7.87. The summed E-state index contributed by atoms with van der Waals surface area (Å²) in [5.74, 6) is -0.931. The molecule has 1 aliphatic rings. The molecule has 120 valence electrons. The van der Waals surface area contributed by atoms with Crippen LogP contribution in [0.15, 0.2) is 24.0 Å². The Balaban J connectivity index is 2.33. The van der Waals surface area contributed by atoms with Gasteiger partial charge in [0, 0.05) is 6.42 Å². The molecule has 0 N–H and O–H groups in total. The predicted octanol–water partition coefficient (Wildman–Crippen LogP) is 2.63. The summed E-state index contributed by atoms with van der Waals surface area (Å²) < 4.78 is 67.5. The summed E-state index contributed by atoms with van der Waals surface area (Å²) in [5.41, 5.74) is -4.09. The third-order valence-corrected chi connectivity index (χ3v) is 4.02. The molecule has 0 atom stereocenters. The summed E-state index contributed by atoms with van der Waals surface area (Å²) in [6.07, 6.45) is 1.49. The highest BCUT2D eigenvalue weighted by atomic mass is 32.2. The summed E-state index contributed by atoms with van der Waals surface area (Å²) in [5, 5.41) is 0. The van der Waals surface area contributed by atoms with E-state index in [4.69, 9.17) is 0 Å². The molecular weight excluding hydrogens is 325 g/mol. The second-order valence-electron chi connectivity index (χ2n) is 4.50. The van der Waals surface area contributed by atoms with Gasteiger partial charge in [0.25, 0.3) is 0 Å². The van der Waals surface area contributed by atoms with E-state index in [-0.39, 0.29) is 17.7 Å². The second-order valence-corrected chi connectivity index (χ2v) is 6.04. The summed E-state index contributed by atoms with van der Waals surface area (Å²) in [7, 11) is -4.49. The predicted molar refractivity (Wildman–Crippen MR) is 70.1 cm³/mol. The molecule has 0 fully saturated rings. The minimum atomic E-state index is -5.69. The summed E-state index contributed by atoms with van der Waals surface area (Å²) in [6, 6.07) is 4.56. The zero-order valence-corrected chi connectivity index (χ0v) is 12.1. The molecule has 0 saturated heterocycles. The van der Waals surface area contributed by atoms with E-state index in [1.165, 1.54) is 25.3 Å². The van der Waals surface area contributed by atoms with Crippen LogP contribution in [0, 0.1) is 0 Å². The van der Waals surface area contributed by atoms with Crippen molar-refractivity contribution in [1.29, 1.82) is 0 Å². The maximum atomic E-state index is 12.3. The van der Waals surface area contributed by atoms with Crippen molar-refractivity contribution < 1.29 is 35.3 Å². The molecule has 0 aromatic heterocycles. The number of carbonyl (C=O) groups is 1. The maximum absolute atomic E-state index is 12.3. The fourth-order valence-electron chi connectivity index (χ4n) is 1.96. The number of hydrogen-bond acceptors (Lipinski definition) is 5. The Hall–Kier alpha value is -2.03. The zero-order valence-electron chi connectivity index (χ0n) is 11.3. The number of alkyl halides is 3. The molecule has 0 aliphatic heterocycles. The Morgan fingerprint density at radius 3 is 2.50 bits per heavy atom. The Morgan fingerprint density at radius 1 is 1.23 bits per heavy atom. The fourth-order valence-corrected chi connectivity index (χ4v) is 2.47. The topological polar surface area (TPSA) is 69.7 Å². The van der Waals surface area contributed by atoms with Crippen LogP contribution in [0.2, 0.25) is 0 Å². The Labute approximate surface area is 124 Å². The molecule has 0 unspecified atom stereocenters. The van der Waals surface area contributed by atoms with Crippen LogP contribution < -0.4 is 0 Å². The molecule has 1 aromatic carbocycles. The number of rotatable bonds is 3. The summed E-state index contributed by atoms with van der Waals surface area (Å²) in [6.45, 7) is 0. The SMILES string of the molecule is COC(=O)c1ccc2c(c1)C=C(OS(=O)(=O)C(F)(F)F)CC2. The average molecular weight is 336 g/mol. The molecule has 0 radical (unpaired) electrons. The molecule has 1 aliphatic carbocycles. The third-order valence-electron chi connectivity index (χ3n) is 3.02. The number of fused-ring (bicyclic) bond motifs is 1. The van der Waals surface area contributed by atoms with E-state index in [9.17, 15) is 26.4 Å². The van der Waals surface area contributed by atoms with Crippen molar-refractivity contribution in [3.05, 3.63) is 40.6 Å². The molecule has 0 bridgehead atoms. The second kappa shape index (κ2) is 5.64. The molecule has 0 saturated carbocycles. The smallest absolute Gasteiger partial charge is 0.465 e. The van der Waals surface area contributed by atoms with Crippen LogP contribution in [-0.4, -0.2) is 27.0 Å². The minimum absolute atomic E-state index is 0.0138. The van der Waals surface area contributed by atoms with Crippen LogP contribution in [0.5, 0.6) is 0 Å². The normalized spacial score (nSPS) is 14.8. The van der Waals surface area contributed by atoms with Gasteiger partial charge in [0.2, 0.25) is 0 Å². The van der Waals surface area contributed by atoms with Crippen LogP contribution in [0.1, 0.15) is 27.9 Å². The van der Waals surface area contributed by atoms with Crippen molar-refractivity contribution in [2.45, 2.75) is 18.3 Å². The van der Waals surface area contributed by atoms with E-state index in [0.29, 0.717) is 12.0 Å². The first-order valence-corrected chi connectivity index (χ1v) is 7.47. The minimum Gasteiger partial charge on any atom is -0.465 e. The highest BCUT2D eigenvalue weighted by Crippen LogP contribution is 2.31. The molecule has 0 heterocycles. The first-order chi connectivity index (χ1) is 10.1. The van der Waals surface area contributed by atoms with Crippen molar-refractivity contribution in [2.75, 3.05) is 7.11 Å². The lowest BCUT2D eigenvalue weighted by atomic mass is 9.94. The number of carbonyl (C=O) groups excluding carboxylic acids is 1. The quantitative estimate of drug-likeness (QED) is 0.482. The number of methoxy groups -OCH3 is 1. The molecule has 0 amide bonds. The van der Waals surface area contributed by atoms with Gasteiger partial charge in [-0.1, -0.05) is 6.07 Å². The van der Waals surface area contributed by atoms with E-state index in [1.54, 1.807) is 6.07 Å². The summed E-state index contributed by atoms with van der Waals surface area (Å²) >= 11 is 0. The van der Waals surface area contributed by atoms with Gasteiger partial charge in [-0.05, 0) is 35.8 Å². The molecule has 5 nitrogen and oxygen atoms in total. The Morgan fingerprint density at radius 2 is 1.91 bits per heavy atom. The number of benzene rings is 1. The number of allylic oxidation sites excluding steroid dienone is 1. The molecule has 9 heteroatoms. The van der Waals surface area contributed by atoms with Gasteiger partial charge >= 0.3 is 21.6 Å². The van der Waals surface area contributed by atoms with E-state index in [0.717, 1.165) is 5.56 Å². The number of aryl methyl sites for hydroxylation is 1. The molecular formula is C13H11F3O5S. The van der Waals surface area contributed by atoms with Crippen LogP contribution in [0.4, 0.5) is 13.2 Å². The maximum Gasteiger partial charge on any atom is 0.534 e. The van der Waals surface area contributed by atoms with Crippen LogP contribution in [-0.2, 0) is 25.5 Å². The van der Waals surface area contributed by atoms with Gasteiger partial charge < -0.3 is 8.92 Å². The van der Waals surface area contributed by atoms with Gasteiger partial charge in [0.15, 0.2) is 0 Å². The highest BCUT2D eigenvalue weighted by Gasteiger charge is 2.48. The van der Waals surface area contributed by atoms with Crippen molar-refractivity contribution >= 4 is 22.2 Å². The van der Waals surface area contributed by atoms with Gasteiger partial charge in [-0.2, -0.15) is 21.6 Å². The van der Waals surface area contributed by atoms with Crippen LogP contribution in [0.25, 0.3) is 6.08 Å². The van der Waals surface area contributed by atoms with Gasteiger partial charge in [0.05, 0.1) is 12.7 Å². The van der Waals surface area contributed by atoms with Crippen LogP contribution in [0.3, 0.4) is 0 Å². The van der Waals surface area contributed by atoms with Crippen LogP contribution >= 0.6 is 0 Å². The molecule has 22 heavy (non-hydrogen) atoms. The number of halogens is 3. The Kier molecular flexibility index (Phi) is 4.19. The largest absolute Gasteiger partial charge is 0.534 e. The molecule has 0 spiro atoms. The lowest BCUT2D eigenvalue weighted by molar-refractivity contribution is -0.0522. The lowest BCUT2D eigenvalue weighted by Gasteiger charge is -2.18. The van der Waals surface area contributed by atoms with Gasteiger partial charge in [-0.15, -0.1) is 0 Å². The van der Waals surface area contributed by atoms with Crippen molar-refractivity contribution in [2.24, 2.45) is 0 Å². The zero-order chi connectivity index (χ0) is 16.5. The Bertz CT molecular complexity index is 735. The van der Waals surface area contributed by atoms with Gasteiger partial charge in [-0.3, -0.25) is 0 Å². The number of hydrogen-bond donors (Lipinski definition) is 0. The van der Waals surface area contributed by atoms with E-state index in [2.05, 4.69) is 8.92 Å². The lowest BCUT2D eigenvalue weighted by Crippen LogP contribution is -2.25.